The Balaban J connectivity index is 2.22. The van der Waals surface area contributed by atoms with Crippen LogP contribution in [0, 0.1) is 16.7 Å². The Labute approximate surface area is 280 Å². The summed E-state index contributed by atoms with van der Waals surface area (Å²) < 4.78 is 12.2. The summed E-state index contributed by atoms with van der Waals surface area (Å²) in [6.07, 6.45) is 4.17. The number of halogens is 1. The molecule has 1 aliphatic rings. The zero-order chi connectivity index (χ0) is 34.6. The Morgan fingerprint density at radius 2 is 1.57 bits per heavy atom. The summed E-state index contributed by atoms with van der Waals surface area (Å²) >= 11 is 6.03. The van der Waals surface area contributed by atoms with Crippen molar-refractivity contribution < 1.29 is 29.0 Å². The molecule has 0 saturated carbocycles. The third-order valence-corrected chi connectivity index (χ3v) is 8.68. The highest BCUT2D eigenvalue weighted by molar-refractivity contribution is 6.30. The average molecular weight is 654 g/mol. The maximum Gasteiger partial charge on any atom is 0.316 e. The van der Waals surface area contributed by atoms with E-state index in [0.717, 1.165) is 24.0 Å². The predicted octanol–water partition coefficient (Wildman–Crippen LogP) is 8.55. The number of amides is 1. The van der Waals surface area contributed by atoms with E-state index in [9.17, 15) is 19.5 Å². The van der Waals surface area contributed by atoms with Crippen LogP contribution in [-0.4, -0.2) is 35.6 Å². The fraction of sp³-hybridized carbons (Fsp3) is 0.553. The zero-order valence-electron chi connectivity index (χ0n) is 29.2. The number of ether oxygens (including phenoxy) is 2. The maximum absolute atomic E-state index is 14.0. The number of nitrogens with one attached hydrogen (secondary N) is 1. The largest absolute Gasteiger partial charge is 0.422 e. The summed E-state index contributed by atoms with van der Waals surface area (Å²) in [5.74, 6) is -2.05. The topological polar surface area (TPSA) is 102 Å². The Hall–Kier alpha value is -3.16. The second kappa shape index (κ2) is 15.2. The van der Waals surface area contributed by atoms with E-state index in [1.807, 2.05) is 19.1 Å². The van der Waals surface area contributed by atoms with Crippen molar-refractivity contribution in [2.24, 2.45) is 16.7 Å². The minimum absolute atomic E-state index is 0.0480. The normalized spacial score (nSPS) is 18.7. The highest BCUT2D eigenvalue weighted by Crippen LogP contribution is 2.52. The minimum atomic E-state index is -0.896. The number of aliphatic hydroxyl groups is 1. The molecule has 7 nitrogen and oxygen atoms in total. The van der Waals surface area contributed by atoms with Gasteiger partial charge in [0.1, 0.15) is 0 Å². The van der Waals surface area contributed by atoms with Crippen molar-refractivity contribution in [2.45, 2.75) is 113 Å². The lowest BCUT2D eigenvalue weighted by Crippen LogP contribution is -2.35. The Kier molecular flexibility index (Phi) is 12.3. The van der Waals surface area contributed by atoms with Gasteiger partial charge in [0.15, 0.2) is 11.5 Å². The Morgan fingerprint density at radius 1 is 1.00 bits per heavy atom. The number of carbonyl (C=O) groups excluding carboxylic acids is 3. The highest BCUT2D eigenvalue weighted by atomic mass is 35.5. The van der Waals surface area contributed by atoms with E-state index in [1.165, 1.54) is 5.57 Å². The third kappa shape index (κ3) is 9.45. The quantitative estimate of drug-likeness (QED) is 0.151. The number of esters is 2. The summed E-state index contributed by atoms with van der Waals surface area (Å²) in [5.41, 5.74) is 1.98. The molecule has 3 rings (SSSR count). The molecule has 4 atom stereocenters. The van der Waals surface area contributed by atoms with Crippen LogP contribution in [0.1, 0.15) is 127 Å². The summed E-state index contributed by atoms with van der Waals surface area (Å²) in [5, 5.41) is 15.1. The lowest BCUT2D eigenvalue weighted by molar-refractivity contribution is -0.145. The molecule has 1 amide bonds. The van der Waals surface area contributed by atoms with E-state index in [1.54, 1.807) is 59.7 Å². The van der Waals surface area contributed by atoms with Gasteiger partial charge in [-0.2, -0.15) is 0 Å². The number of carbonyl (C=O) groups is 3. The molecule has 0 unspecified atom stereocenters. The van der Waals surface area contributed by atoms with Crippen molar-refractivity contribution in [3.8, 4) is 11.5 Å². The van der Waals surface area contributed by atoms with Gasteiger partial charge < -0.3 is 19.9 Å². The molecule has 0 spiro atoms. The van der Waals surface area contributed by atoms with Crippen LogP contribution >= 0.6 is 11.6 Å². The van der Waals surface area contributed by atoms with Crippen LogP contribution in [0.15, 0.2) is 42.0 Å². The van der Waals surface area contributed by atoms with E-state index in [2.05, 4.69) is 32.2 Å². The van der Waals surface area contributed by atoms with Crippen LogP contribution in [0.2, 0.25) is 5.02 Å². The van der Waals surface area contributed by atoms with Crippen LogP contribution in [-0.2, 0) is 16.0 Å². The van der Waals surface area contributed by atoms with Gasteiger partial charge in [-0.05, 0) is 122 Å². The first kappa shape index (κ1) is 37.3. The number of fused-ring (bicyclic) bond motifs is 1. The van der Waals surface area contributed by atoms with E-state index in [-0.39, 0.29) is 34.8 Å². The maximum atomic E-state index is 14.0. The van der Waals surface area contributed by atoms with Crippen molar-refractivity contribution >= 4 is 29.4 Å². The second-order valence-corrected chi connectivity index (χ2v) is 15.5. The summed E-state index contributed by atoms with van der Waals surface area (Å²) in [6.45, 7) is 18.9. The molecular weight excluding hydrogens is 602 g/mol. The van der Waals surface area contributed by atoms with E-state index >= 15 is 0 Å². The van der Waals surface area contributed by atoms with E-state index in [0.29, 0.717) is 30.0 Å². The average Bonchev–Trinajstić information content (AvgIpc) is 2.93. The van der Waals surface area contributed by atoms with Gasteiger partial charge in [-0.3, -0.25) is 14.4 Å². The number of allylic oxidation sites excluding steroid dienone is 2. The number of benzene rings is 2. The lowest BCUT2D eigenvalue weighted by Gasteiger charge is -2.39. The standard InChI is InChI=1S/C38H52ClNO6/c1-22(2)12-11-13-23(3)30-27-21-28(34(42)40-19-18-25-14-16-26(39)17-15-25)32(45-35(43)37(5,6)7)33(46-36(44)38(8,9)10)31(27)24(4)20-29(30)41/h12,14-17,21,23-24,29-30,41H,11,13,18-20H2,1-10H3,(H,40,42)/t23-,24+,29+,30-/m0/s1. The first-order valence-electron chi connectivity index (χ1n) is 16.3. The molecule has 0 bridgehead atoms. The molecule has 0 fully saturated rings. The molecule has 0 heterocycles. The first-order chi connectivity index (χ1) is 21.3. The molecule has 252 valence electrons. The van der Waals surface area contributed by atoms with Gasteiger partial charge in [0.25, 0.3) is 5.91 Å². The number of hydrogen-bond donors (Lipinski definition) is 2. The Bertz CT molecular complexity index is 1440. The van der Waals surface area contributed by atoms with Crippen molar-refractivity contribution in [3.05, 3.63) is 69.3 Å². The molecule has 0 radical (unpaired) electrons. The number of aliphatic hydroxyl groups excluding tert-OH is 1. The SMILES string of the molecule is CC(C)=CCC[C@H](C)[C@H]1c2cc(C(=O)NCCc3ccc(Cl)cc3)c(OC(=O)C(C)(C)C)c(OC(=O)C(C)(C)C)c2[C@H](C)C[C@H]1O. The van der Waals surface area contributed by atoms with Crippen LogP contribution < -0.4 is 14.8 Å². The highest BCUT2D eigenvalue weighted by Gasteiger charge is 2.42. The molecule has 0 aliphatic heterocycles. The minimum Gasteiger partial charge on any atom is -0.422 e. The van der Waals surface area contributed by atoms with Gasteiger partial charge in [0.05, 0.1) is 22.5 Å². The molecule has 2 aromatic carbocycles. The monoisotopic (exact) mass is 653 g/mol. The second-order valence-electron chi connectivity index (χ2n) is 15.1. The third-order valence-electron chi connectivity index (χ3n) is 8.43. The van der Waals surface area contributed by atoms with Gasteiger partial charge in [-0.15, -0.1) is 0 Å². The number of hydrogen-bond acceptors (Lipinski definition) is 6. The summed E-state index contributed by atoms with van der Waals surface area (Å²) in [6, 6.07) is 9.14. The molecule has 2 aromatic rings. The van der Waals surface area contributed by atoms with Crippen molar-refractivity contribution in [1.29, 1.82) is 0 Å². The van der Waals surface area contributed by atoms with Crippen molar-refractivity contribution in [2.75, 3.05) is 6.54 Å². The van der Waals surface area contributed by atoms with Gasteiger partial charge in [-0.1, -0.05) is 49.2 Å². The fourth-order valence-electron chi connectivity index (χ4n) is 5.72. The summed E-state index contributed by atoms with van der Waals surface area (Å²) in [7, 11) is 0. The molecule has 46 heavy (non-hydrogen) atoms. The zero-order valence-corrected chi connectivity index (χ0v) is 29.9. The van der Waals surface area contributed by atoms with E-state index in [4.69, 9.17) is 21.1 Å². The van der Waals surface area contributed by atoms with Crippen molar-refractivity contribution in [1.82, 2.24) is 5.32 Å². The molecule has 1 aliphatic carbocycles. The molecule has 2 N–H and O–H groups in total. The smallest absolute Gasteiger partial charge is 0.316 e. The van der Waals surface area contributed by atoms with Gasteiger partial charge in [0, 0.05) is 23.0 Å². The van der Waals surface area contributed by atoms with Gasteiger partial charge in [0.2, 0.25) is 0 Å². The lowest BCUT2D eigenvalue weighted by atomic mass is 9.69. The fourth-order valence-corrected chi connectivity index (χ4v) is 5.85. The van der Waals surface area contributed by atoms with Crippen LogP contribution in [0.25, 0.3) is 0 Å². The van der Waals surface area contributed by atoms with Crippen molar-refractivity contribution in [3.63, 3.8) is 0 Å². The molecule has 8 heteroatoms. The van der Waals surface area contributed by atoms with Crippen LogP contribution in [0.4, 0.5) is 0 Å². The molecular formula is C38H52ClNO6. The first-order valence-corrected chi connectivity index (χ1v) is 16.7. The summed E-state index contributed by atoms with van der Waals surface area (Å²) in [4.78, 5) is 40.8. The van der Waals surface area contributed by atoms with E-state index < -0.39 is 34.8 Å². The van der Waals surface area contributed by atoms with Crippen LogP contribution in [0.3, 0.4) is 0 Å². The van der Waals surface area contributed by atoms with Gasteiger partial charge >= 0.3 is 11.9 Å². The predicted molar refractivity (Wildman–Crippen MR) is 184 cm³/mol. The molecule has 0 saturated heterocycles. The van der Waals surface area contributed by atoms with Crippen LogP contribution in [0.5, 0.6) is 11.5 Å². The number of rotatable bonds is 10. The Morgan fingerprint density at radius 3 is 2.11 bits per heavy atom. The molecule has 0 aromatic heterocycles. The van der Waals surface area contributed by atoms with Gasteiger partial charge in [-0.25, -0.2) is 0 Å².